The van der Waals surface area contributed by atoms with E-state index in [9.17, 15) is 0 Å². The Hall–Kier alpha value is -8.41. The highest BCUT2D eigenvalue weighted by Gasteiger charge is 2.46. The van der Waals surface area contributed by atoms with E-state index in [1.54, 1.807) is 0 Å². The Kier molecular flexibility index (Phi) is 7.75. The molecular weight excluding hydrogens is 767 g/mol. The monoisotopic (exact) mass is 803 g/mol. The van der Waals surface area contributed by atoms with Gasteiger partial charge in [0.25, 0.3) is 0 Å². The van der Waals surface area contributed by atoms with E-state index in [0.29, 0.717) is 17.6 Å². The Morgan fingerprint density at radius 2 is 0.810 bits per heavy atom. The van der Waals surface area contributed by atoms with E-state index in [1.165, 1.54) is 44.2 Å². The summed E-state index contributed by atoms with van der Waals surface area (Å²) in [4.78, 5) is 16.0. The zero-order chi connectivity index (χ0) is 41.5. The quantitative estimate of drug-likeness (QED) is 0.168. The van der Waals surface area contributed by atoms with E-state index in [1.807, 2.05) is 18.2 Å². The SMILES string of the molecule is c1ccc(-c2nc(-c3ccc4c5ccccc5n(-c5ccccc5)c4c3)nc(-n3c4ccccc4c4ccc(C5(c6ccccc6)c6ccccc6-c6ccccc65)cc43)n2)cc1. The van der Waals surface area contributed by atoms with Crippen LogP contribution < -0.4 is 0 Å². The fourth-order valence-corrected chi connectivity index (χ4v) is 10.4. The van der Waals surface area contributed by atoms with E-state index in [4.69, 9.17) is 15.0 Å². The third-order valence-corrected chi connectivity index (χ3v) is 13.1. The molecule has 0 radical (unpaired) electrons. The van der Waals surface area contributed by atoms with Crippen molar-refractivity contribution in [2.75, 3.05) is 0 Å². The van der Waals surface area contributed by atoms with Crippen molar-refractivity contribution in [2.24, 2.45) is 0 Å². The lowest BCUT2D eigenvalue weighted by atomic mass is 9.67. The summed E-state index contributed by atoms with van der Waals surface area (Å²) >= 11 is 0. The molecule has 0 spiro atoms. The Labute approximate surface area is 363 Å². The third kappa shape index (κ3) is 5.20. The van der Waals surface area contributed by atoms with Crippen molar-refractivity contribution in [1.82, 2.24) is 24.1 Å². The average Bonchev–Trinajstić information content (AvgIpc) is 3.98. The molecule has 294 valence electrons. The van der Waals surface area contributed by atoms with Gasteiger partial charge in [0.1, 0.15) is 0 Å². The van der Waals surface area contributed by atoms with Crippen LogP contribution in [-0.2, 0) is 5.41 Å². The molecule has 0 atom stereocenters. The van der Waals surface area contributed by atoms with Crippen molar-refractivity contribution in [3.63, 3.8) is 0 Å². The number of aromatic nitrogens is 5. The summed E-state index contributed by atoms with van der Waals surface area (Å²) in [6.07, 6.45) is 0. The van der Waals surface area contributed by atoms with Crippen LogP contribution in [0.15, 0.2) is 224 Å². The minimum absolute atomic E-state index is 0.560. The zero-order valence-corrected chi connectivity index (χ0v) is 34.1. The lowest BCUT2D eigenvalue weighted by molar-refractivity contribution is 0.769. The van der Waals surface area contributed by atoms with Crippen molar-refractivity contribution >= 4 is 43.6 Å². The van der Waals surface area contributed by atoms with Gasteiger partial charge in [-0.3, -0.25) is 4.57 Å². The molecule has 0 aliphatic heterocycles. The fourth-order valence-electron chi connectivity index (χ4n) is 10.4. The molecule has 3 aromatic heterocycles. The van der Waals surface area contributed by atoms with Crippen molar-refractivity contribution < 1.29 is 0 Å². The highest BCUT2D eigenvalue weighted by Crippen LogP contribution is 2.56. The first kappa shape index (κ1) is 35.4. The van der Waals surface area contributed by atoms with Crippen LogP contribution in [0.1, 0.15) is 22.3 Å². The van der Waals surface area contributed by atoms with Crippen LogP contribution in [-0.4, -0.2) is 24.1 Å². The molecule has 1 aliphatic rings. The largest absolute Gasteiger partial charge is 0.309 e. The van der Waals surface area contributed by atoms with Crippen molar-refractivity contribution in [2.45, 2.75) is 5.41 Å². The van der Waals surface area contributed by atoms with Crippen molar-refractivity contribution in [1.29, 1.82) is 0 Å². The molecule has 9 aromatic carbocycles. The third-order valence-electron chi connectivity index (χ3n) is 13.1. The summed E-state index contributed by atoms with van der Waals surface area (Å²) in [5.74, 6) is 1.78. The molecule has 63 heavy (non-hydrogen) atoms. The van der Waals surface area contributed by atoms with Gasteiger partial charge in [-0.1, -0.05) is 188 Å². The maximum absolute atomic E-state index is 5.44. The lowest BCUT2D eigenvalue weighted by Crippen LogP contribution is -2.28. The second-order valence-electron chi connectivity index (χ2n) is 16.4. The first-order chi connectivity index (χ1) is 31.3. The molecule has 0 N–H and O–H groups in total. The Bertz CT molecular complexity index is 3690. The molecule has 12 aromatic rings. The predicted molar refractivity (Wildman–Crippen MR) is 257 cm³/mol. The maximum atomic E-state index is 5.44. The van der Waals surface area contributed by atoms with E-state index >= 15 is 0 Å². The van der Waals surface area contributed by atoms with Gasteiger partial charge in [0.05, 0.1) is 27.5 Å². The molecule has 0 saturated heterocycles. The molecule has 0 bridgehead atoms. The van der Waals surface area contributed by atoms with Gasteiger partial charge in [-0.05, 0) is 69.8 Å². The predicted octanol–water partition coefficient (Wildman–Crippen LogP) is 13.8. The van der Waals surface area contributed by atoms with Gasteiger partial charge in [-0.25, -0.2) is 4.98 Å². The number of benzene rings is 9. The van der Waals surface area contributed by atoms with E-state index in [0.717, 1.165) is 49.7 Å². The summed E-state index contributed by atoms with van der Waals surface area (Å²) in [6.45, 7) is 0. The Balaban J connectivity index is 1.09. The van der Waals surface area contributed by atoms with Gasteiger partial charge in [0.15, 0.2) is 11.6 Å². The number of hydrogen-bond donors (Lipinski definition) is 0. The number of hydrogen-bond acceptors (Lipinski definition) is 3. The fraction of sp³-hybridized carbons (Fsp3) is 0.0172. The average molecular weight is 804 g/mol. The molecule has 13 rings (SSSR count). The minimum atomic E-state index is -0.560. The molecule has 0 saturated carbocycles. The smallest absolute Gasteiger partial charge is 0.238 e. The van der Waals surface area contributed by atoms with Crippen LogP contribution in [0.5, 0.6) is 0 Å². The maximum Gasteiger partial charge on any atom is 0.238 e. The number of para-hydroxylation sites is 3. The van der Waals surface area contributed by atoms with Gasteiger partial charge < -0.3 is 4.57 Å². The van der Waals surface area contributed by atoms with Gasteiger partial charge in [0, 0.05) is 38.4 Å². The lowest BCUT2D eigenvalue weighted by Gasteiger charge is -2.34. The van der Waals surface area contributed by atoms with E-state index in [-0.39, 0.29) is 0 Å². The molecule has 5 heteroatoms. The number of nitrogens with zero attached hydrogens (tertiary/aromatic N) is 5. The van der Waals surface area contributed by atoms with Crippen LogP contribution >= 0.6 is 0 Å². The van der Waals surface area contributed by atoms with Gasteiger partial charge in [0.2, 0.25) is 5.95 Å². The number of rotatable bonds is 6. The van der Waals surface area contributed by atoms with Crippen molar-refractivity contribution in [3.05, 3.63) is 247 Å². The van der Waals surface area contributed by atoms with Gasteiger partial charge in [-0.2, -0.15) is 9.97 Å². The molecule has 1 aliphatic carbocycles. The van der Waals surface area contributed by atoms with Crippen LogP contribution in [0.4, 0.5) is 0 Å². The second-order valence-corrected chi connectivity index (χ2v) is 16.4. The summed E-state index contributed by atoms with van der Waals surface area (Å²) in [6, 6.07) is 80.4. The molecular formula is C58H37N5. The molecule has 0 unspecified atom stereocenters. The topological polar surface area (TPSA) is 48.5 Å². The minimum Gasteiger partial charge on any atom is -0.309 e. The molecule has 0 fully saturated rings. The van der Waals surface area contributed by atoms with Crippen molar-refractivity contribution in [3.8, 4) is 45.5 Å². The van der Waals surface area contributed by atoms with Crippen LogP contribution in [0, 0.1) is 0 Å². The first-order valence-corrected chi connectivity index (χ1v) is 21.5. The Morgan fingerprint density at radius 1 is 0.317 bits per heavy atom. The highest BCUT2D eigenvalue weighted by molar-refractivity contribution is 6.11. The standard InChI is InChI=1S/C58H37N5/c1-4-18-38(19-5-1)55-59-56(39-32-34-47-45-26-12-16-30-51(45)62(53(47)36-39)42-22-8-3-9-23-42)61-57(60-55)63-52-31-17-13-27-46(52)48-35-33-41(37-54(48)63)58(40-20-6-2-7-21-40)49-28-14-10-24-43(49)44-25-11-15-29-50(44)58/h1-37H. The summed E-state index contributed by atoms with van der Waals surface area (Å²) < 4.78 is 4.58. The summed E-state index contributed by atoms with van der Waals surface area (Å²) in [5, 5.41) is 4.64. The summed E-state index contributed by atoms with van der Waals surface area (Å²) in [5.41, 5.74) is 14.1. The molecule has 0 amide bonds. The summed E-state index contributed by atoms with van der Waals surface area (Å²) in [7, 11) is 0. The van der Waals surface area contributed by atoms with Gasteiger partial charge in [-0.15, -0.1) is 0 Å². The first-order valence-electron chi connectivity index (χ1n) is 21.5. The number of fused-ring (bicyclic) bond motifs is 9. The second kappa shape index (κ2) is 13.8. The molecule has 3 heterocycles. The van der Waals surface area contributed by atoms with Crippen LogP contribution in [0.3, 0.4) is 0 Å². The van der Waals surface area contributed by atoms with E-state index in [2.05, 4.69) is 215 Å². The van der Waals surface area contributed by atoms with Gasteiger partial charge >= 0.3 is 0 Å². The normalized spacial score (nSPS) is 12.9. The van der Waals surface area contributed by atoms with E-state index < -0.39 is 5.41 Å². The molecule has 5 nitrogen and oxygen atoms in total. The van der Waals surface area contributed by atoms with Crippen LogP contribution in [0.25, 0.3) is 89.2 Å². The highest BCUT2D eigenvalue weighted by atomic mass is 15.2. The Morgan fingerprint density at radius 3 is 1.48 bits per heavy atom. The van der Waals surface area contributed by atoms with Crippen LogP contribution in [0.2, 0.25) is 0 Å². The zero-order valence-electron chi connectivity index (χ0n) is 34.1.